The summed E-state index contributed by atoms with van der Waals surface area (Å²) in [6, 6.07) is 5.42. The van der Waals surface area contributed by atoms with Crippen LogP contribution in [0.2, 0.25) is 0 Å². The molecule has 19 heavy (non-hydrogen) atoms. The Morgan fingerprint density at radius 3 is 2.53 bits per heavy atom. The summed E-state index contributed by atoms with van der Waals surface area (Å²) in [5, 5.41) is 3.39. The number of anilines is 1. The summed E-state index contributed by atoms with van der Waals surface area (Å²) in [4.78, 5) is 2.43. The monoisotopic (exact) mass is 264 g/mol. The van der Waals surface area contributed by atoms with Gasteiger partial charge in [-0.25, -0.2) is 4.39 Å². The van der Waals surface area contributed by atoms with Crippen molar-refractivity contribution in [2.24, 2.45) is 0 Å². The van der Waals surface area contributed by atoms with Crippen LogP contribution in [0, 0.1) is 5.82 Å². The molecule has 1 unspecified atom stereocenters. The molecule has 1 aromatic carbocycles. The molecule has 2 rings (SSSR count). The molecule has 106 valence electrons. The standard InChI is InChI=1S/C16H25FN2/c1-3-18-13(2)15-12-14(17)8-9-16(15)19-10-6-4-5-7-11-19/h8-9,12-13,18H,3-7,10-11H2,1-2H3. The summed E-state index contributed by atoms with van der Waals surface area (Å²) in [5.74, 6) is -0.140. The van der Waals surface area contributed by atoms with Crippen LogP contribution < -0.4 is 10.2 Å². The molecular formula is C16H25FN2. The Bertz CT molecular complexity index is 398. The summed E-state index contributed by atoms with van der Waals surface area (Å²) in [7, 11) is 0. The fourth-order valence-corrected chi connectivity index (χ4v) is 2.89. The highest BCUT2D eigenvalue weighted by Gasteiger charge is 2.17. The topological polar surface area (TPSA) is 15.3 Å². The molecule has 3 heteroatoms. The zero-order valence-corrected chi connectivity index (χ0v) is 12.1. The Morgan fingerprint density at radius 1 is 1.21 bits per heavy atom. The van der Waals surface area contributed by atoms with E-state index in [9.17, 15) is 4.39 Å². The second-order valence-electron chi connectivity index (χ2n) is 5.38. The minimum atomic E-state index is -0.140. The Labute approximate surface area is 116 Å². The zero-order chi connectivity index (χ0) is 13.7. The molecule has 1 heterocycles. The summed E-state index contributed by atoms with van der Waals surface area (Å²) in [6.07, 6.45) is 5.12. The Balaban J connectivity index is 2.26. The number of hydrogen-bond donors (Lipinski definition) is 1. The molecular weight excluding hydrogens is 239 g/mol. The van der Waals surface area contributed by atoms with Gasteiger partial charge in [-0.1, -0.05) is 19.8 Å². The largest absolute Gasteiger partial charge is 0.371 e. The van der Waals surface area contributed by atoms with E-state index in [4.69, 9.17) is 0 Å². The summed E-state index contributed by atoms with van der Waals surface area (Å²) < 4.78 is 13.5. The molecule has 1 saturated heterocycles. The van der Waals surface area contributed by atoms with Gasteiger partial charge in [-0.05, 0) is 50.1 Å². The molecule has 1 N–H and O–H groups in total. The first-order chi connectivity index (χ1) is 9.22. The van der Waals surface area contributed by atoms with Crippen LogP contribution >= 0.6 is 0 Å². The van der Waals surface area contributed by atoms with E-state index in [0.29, 0.717) is 0 Å². The second kappa shape index (κ2) is 6.90. The van der Waals surface area contributed by atoms with Crippen molar-refractivity contribution in [3.8, 4) is 0 Å². The van der Waals surface area contributed by atoms with Gasteiger partial charge in [0, 0.05) is 24.8 Å². The van der Waals surface area contributed by atoms with Gasteiger partial charge in [0.25, 0.3) is 0 Å². The first-order valence-corrected chi connectivity index (χ1v) is 7.50. The lowest BCUT2D eigenvalue weighted by atomic mass is 10.0. The molecule has 1 atom stereocenters. The van der Waals surface area contributed by atoms with Gasteiger partial charge in [0.1, 0.15) is 5.82 Å². The lowest BCUT2D eigenvalue weighted by Crippen LogP contribution is -2.27. The van der Waals surface area contributed by atoms with Crippen molar-refractivity contribution in [1.29, 1.82) is 0 Å². The molecule has 2 nitrogen and oxygen atoms in total. The first-order valence-electron chi connectivity index (χ1n) is 7.50. The summed E-state index contributed by atoms with van der Waals surface area (Å²) >= 11 is 0. The van der Waals surface area contributed by atoms with Gasteiger partial charge in [-0.3, -0.25) is 0 Å². The van der Waals surface area contributed by atoms with Gasteiger partial charge < -0.3 is 10.2 Å². The lowest BCUT2D eigenvalue weighted by Gasteiger charge is -2.28. The van der Waals surface area contributed by atoms with E-state index < -0.39 is 0 Å². The Morgan fingerprint density at radius 2 is 1.89 bits per heavy atom. The maximum absolute atomic E-state index is 13.5. The third-order valence-electron chi connectivity index (χ3n) is 3.91. The van der Waals surface area contributed by atoms with E-state index in [-0.39, 0.29) is 11.9 Å². The van der Waals surface area contributed by atoms with E-state index >= 15 is 0 Å². The smallest absolute Gasteiger partial charge is 0.123 e. The van der Waals surface area contributed by atoms with Gasteiger partial charge in [0.15, 0.2) is 0 Å². The molecule has 0 radical (unpaired) electrons. The molecule has 1 fully saturated rings. The Hall–Kier alpha value is -1.09. The van der Waals surface area contributed by atoms with E-state index in [1.54, 1.807) is 12.1 Å². The number of nitrogens with zero attached hydrogens (tertiary/aromatic N) is 1. The van der Waals surface area contributed by atoms with Crippen LogP contribution in [0.15, 0.2) is 18.2 Å². The van der Waals surface area contributed by atoms with Crippen molar-refractivity contribution in [3.05, 3.63) is 29.6 Å². The average molecular weight is 264 g/mol. The van der Waals surface area contributed by atoms with Crippen LogP contribution in [0.25, 0.3) is 0 Å². The molecule has 0 spiro atoms. The number of rotatable bonds is 4. The normalized spacial score (nSPS) is 18.2. The minimum Gasteiger partial charge on any atom is -0.371 e. The molecule has 0 aromatic heterocycles. The van der Waals surface area contributed by atoms with E-state index in [1.165, 1.54) is 31.4 Å². The van der Waals surface area contributed by atoms with Crippen LogP contribution in [0.1, 0.15) is 51.1 Å². The fraction of sp³-hybridized carbons (Fsp3) is 0.625. The lowest BCUT2D eigenvalue weighted by molar-refractivity contribution is 0.580. The highest BCUT2D eigenvalue weighted by Crippen LogP contribution is 2.29. The molecule has 0 saturated carbocycles. The van der Waals surface area contributed by atoms with Gasteiger partial charge in [0.2, 0.25) is 0 Å². The summed E-state index contributed by atoms with van der Waals surface area (Å²) in [5.41, 5.74) is 2.29. The van der Waals surface area contributed by atoms with Gasteiger partial charge in [-0.15, -0.1) is 0 Å². The first kappa shape index (κ1) is 14.3. The number of benzene rings is 1. The predicted octanol–water partition coefficient (Wildman–Crippen LogP) is 3.88. The molecule has 0 bridgehead atoms. The second-order valence-corrected chi connectivity index (χ2v) is 5.38. The van der Waals surface area contributed by atoms with Crippen LogP contribution in [0.3, 0.4) is 0 Å². The minimum absolute atomic E-state index is 0.140. The Kier molecular flexibility index (Phi) is 5.20. The fourth-order valence-electron chi connectivity index (χ4n) is 2.89. The average Bonchev–Trinajstić information content (AvgIpc) is 2.68. The third-order valence-corrected chi connectivity index (χ3v) is 3.91. The number of hydrogen-bond acceptors (Lipinski definition) is 2. The van der Waals surface area contributed by atoms with Crippen LogP contribution in [0.5, 0.6) is 0 Å². The van der Waals surface area contributed by atoms with Crippen molar-refractivity contribution in [1.82, 2.24) is 5.32 Å². The van der Waals surface area contributed by atoms with E-state index in [2.05, 4.69) is 24.1 Å². The maximum atomic E-state index is 13.5. The van der Waals surface area contributed by atoms with Crippen molar-refractivity contribution in [2.75, 3.05) is 24.5 Å². The predicted molar refractivity (Wildman–Crippen MR) is 79.2 cm³/mol. The van der Waals surface area contributed by atoms with Crippen LogP contribution in [-0.4, -0.2) is 19.6 Å². The third kappa shape index (κ3) is 3.69. The molecule has 0 aliphatic carbocycles. The van der Waals surface area contributed by atoms with E-state index in [1.807, 2.05) is 6.07 Å². The SMILES string of the molecule is CCNC(C)c1cc(F)ccc1N1CCCCCC1. The molecule has 1 aliphatic rings. The van der Waals surface area contributed by atoms with Gasteiger partial charge in [0.05, 0.1) is 0 Å². The van der Waals surface area contributed by atoms with Crippen LogP contribution in [-0.2, 0) is 0 Å². The van der Waals surface area contributed by atoms with Gasteiger partial charge >= 0.3 is 0 Å². The highest BCUT2D eigenvalue weighted by atomic mass is 19.1. The van der Waals surface area contributed by atoms with Crippen molar-refractivity contribution < 1.29 is 4.39 Å². The van der Waals surface area contributed by atoms with Crippen LogP contribution in [0.4, 0.5) is 10.1 Å². The molecule has 0 amide bonds. The van der Waals surface area contributed by atoms with Gasteiger partial charge in [-0.2, -0.15) is 0 Å². The number of halogens is 1. The molecule has 1 aromatic rings. The highest BCUT2D eigenvalue weighted by molar-refractivity contribution is 5.55. The quantitative estimate of drug-likeness (QED) is 0.888. The number of nitrogens with one attached hydrogen (secondary N) is 1. The van der Waals surface area contributed by atoms with E-state index in [0.717, 1.165) is 25.2 Å². The maximum Gasteiger partial charge on any atom is 0.123 e. The molecule has 1 aliphatic heterocycles. The summed E-state index contributed by atoms with van der Waals surface area (Å²) in [6.45, 7) is 7.28. The van der Waals surface area contributed by atoms with Crippen molar-refractivity contribution in [3.63, 3.8) is 0 Å². The van der Waals surface area contributed by atoms with Crippen molar-refractivity contribution in [2.45, 2.75) is 45.6 Å². The zero-order valence-electron chi connectivity index (χ0n) is 12.1. The van der Waals surface area contributed by atoms with Crippen molar-refractivity contribution >= 4 is 5.69 Å².